The number of esters is 1. The van der Waals surface area contributed by atoms with Gasteiger partial charge in [-0.05, 0) is 17.7 Å². The average Bonchev–Trinajstić information content (AvgIpc) is 3.05. The van der Waals surface area contributed by atoms with Crippen LogP contribution in [0.15, 0.2) is 54.7 Å². The van der Waals surface area contributed by atoms with Crippen LogP contribution in [0.1, 0.15) is 22.7 Å². The second-order valence-corrected chi connectivity index (χ2v) is 5.82. The number of halogens is 4. The Balaban J connectivity index is 0.00000261. The molecule has 0 amide bonds. The molecule has 2 N–H and O–H groups in total. The van der Waals surface area contributed by atoms with Gasteiger partial charge in [-0.2, -0.15) is 13.2 Å². The normalized spacial score (nSPS) is 12.4. The maximum atomic E-state index is 12.8. The van der Waals surface area contributed by atoms with Crippen LogP contribution >= 0.6 is 12.4 Å². The minimum Gasteiger partial charge on any atom is -0.468 e. The van der Waals surface area contributed by atoms with Crippen molar-refractivity contribution < 1.29 is 22.7 Å². The molecule has 27 heavy (non-hydrogen) atoms. The van der Waals surface area contributed by atoms with Gasteiger partial charge in [-0.1, -0.05) is 36.4 Å². The molecule has 3 aromatic rings. The summed E-state index contributed by atoms with van der Waals surface area (Å²) in [5.41, 5.74) is 1.24. The van der Waals surface area contributed by atoms with E-state index in [2.05, 4.69) is 10.3 Å². The predicted octanol–water partition coefficient (Wildman–Crippen LogP) is 4.61. The summed E-state index contributed by atoms with van der Waals surface area (Å²) in [5.74, 6) is -0.512. The highest BCUT2D eigenvalue weighted by Gasteiger charge is 2.30. The summed E-state index contributed by atoms with van der Waals surface area (Å²) >= 11 is 0. The molecular weight excluding hydrogens is 381 g/mol. The summed E-state index contributed by atoms with van der Waals surface area (Å²) in [4.78, 5) is 15.3. The molecule has 8 heteroatoms. The molecule has 2 aromatic carbocycles. The molecule has 0 spiro atoms. The van der Waals surface area contributed by atoms with Crippen molar-refractivity contribution in [3.05, 3.63) is 71.4 Å². The molecule has 1 heterocycles. The highest BCUT2D eigenvalue weighted by Crippen LogP contribution is 2.30. The third-order valence-electron chi connectivity index (χ3n) is 4.13. The molecule has 0 aliphatic rings. The van der Waals surface area contributed by atoms with Gasteiger partial charge in [-0.25, -0.2) is 4.79 Å². The van der Waals surface area contributed by atoms with Gasteiger partial charge in [0, 0.05) is 29.2 Å². The maximum Gasteiger partial charge on any atom is 0.416 e. The molecule has 1 aromatic heterocycles. The molecule has 0 saturated carbocycles. The zero-order valence-electron chi connectivity index (χ0n) is 14.3. The summed E-state index contributed by atoms with van der Waals surface area (Å²) < 4.78 is 43.4. The number of fused-ring (bicyclic) bond motifs is 1. The van der Waals surface area contributed by atoms with E-state index in [-0.39, 0.29) is 19.0 Å². The number of benzene rings is 2. The predicted molar refractivity (Wildman–Crippen MR) is 98.6 cm³/mol. The van der Waals surface area contributed by atoms with Gasteiger partial charge in [0.1, 0.15) is 6.04 Å². The fourth-order valence-electron chi connectivity index (χ4n) is 2.85. The zero-order chi connectivity index (χ0) is 18.7. The van der Waals surface area contributed by atoms with Crippen molar-refractivity contribution in [1.82, 2.24) is 10.3 Å². The first kappa shape index (κ1) is 20.8. The van der Waals surface area contributed by atoms with E-state index in [1.54, 1.807) is 12.3 Å². The number of alkyl halides is 3. The lowest BCUT2D eigenvalue weighted by molar-refractivity contribution is -0.143. The van der Waals surface area contributed by atoms with Crippen LogP contribution in [-0.2, 0) is 22.3 Å². The third kappa shape index (κ3) is 4.61. The molecule has 0 aliphatic heterocycles. The topological polar surface area (TPSA) is 54.1 Å². The minimum absolute atomic E-state index is 0. The number of carbonyl (C=O) groups excluding carboxylic acids is 1. The lowest BCUT2D eigenvalue weighted by Crippen LogP contribution is -2.29. The standard InChI is InChI=1S/C19H17F3N2O2.ClH/c1-26-18(25)17(15-11-23-16-8-3-2-7-14(15)16)24-10-12-5-4-6-13(9-12)19(20,21)22;/h2-9,11,17,23-24H,10H2,1H3;1H. The molecule has 1 unspecified atom stereocenters. The Morgan fingerprint density at radius 2 is 1.93 bits per heavy atom. The minimum atomic E-state index is -4.41. The Kier molecular flexibility index (Phi) is 6.51. The Morgan fingerprint density at radius 1 is 1.19 bits per heavy atom. The molecule has 4 nitrogen and oxygen atoms in total. The highest BCUT2D eigenvalue weighted by molar-refractivity contribution is 5.89. The number of methoxy groups -OCH3 is 1. The highest BCUT2D eigenvalue weighted by atomic mass is 35.5. The van der Waals surface area contributed by atoms with Crippen LogP contribution in [0.25, 0.3) is 10.9 Å². The van der Waals surface area contributed by atoms with E-state index < -0.39 is 23.8 Å². The Hall–Kier alpha value is -2.51. The lowest BCUT2D eigenvalue weighted by atomic mass is 10.0. The summed E-state index contributed by atoms with van der Waals surface area (Å²) in [6.07, 6.45) is -2.71. The third-order valence-corrected chi connectivity index (χ3v) is 4.13. The van der Waals surface area contributed by atoms with E-state index in [0.29, 0.717) is 11.1 Å². The Bertz CT molecular complexity index is 924. The van der Waals surface area contributed by atoms with Crippen molar-refractivity contribution in [2.75, 3.05) is 7.11 Å². The second-order valence-electron chi connectivity index (χ2n) is 5.82. The van der Waals surface area contributed by atoms with Gasteiger partial charge >= 0.3 is 12.1 Å². The van der Waals surface area contributed by atoms with E-state index in [4.69, 9.17) is 4.74 Å². The Morgan fingerprint density at radius 3 is 2.63 bits per heavy atom. The molecule has 0 fully saturated rings. The summed E-state index contributed by atoms with van der Waals surface area (Å²) in [6.45, 7) is 0.0865. The van der Waals surface area contributed by atoms with Gasteiger partial charge in [-0.3, -0.25) is 5.32 Å². The molecule has 0 aliphatic carbocycles. The first-order valence-corrected chi connectivity index (χ1v) is 7.93. The van der Waals surface area contributed by atoms with Crippen molar-refractivity contribution >= 4 is 29.3 Å². The molecule has 0 bridgehead atoms. The largest absolute Gasteiger partial charge is 0.468 e. The number of aromatic amines is 1. The summed E-state index contributed by atoms with van der Waals surface area (Å²) in [5, 5.41) is 3.84. The number of para-hydroxylation sites is 1. The first-order chi connectivity index (χ1) is 12.4. The average molecular weight is 399 g/mol. The summed E-state index contributed by atoms with van der Waals surface area (Å²) in [6, 6.07) is 11.7. The smallest absolute Gasteiger partial charge is 0.416 e. The van der Waals surface area contributed by atoms with Crippen molar-refractivity contribution in [2.45, 2.75) is 18.8 Å². The zero-order valence-corrected chi connectivity index (χ0v) is 15.2. The molecule has 1 atom stereocenters. The van der Waals surface area contributed by atoms with E-state index in [1.165, 1.54) is 13.2 Å². The van der Waals surface area contributed by atoms with Crippen molar-refractivity contribution in [3.8, 4) is 0 Å². The van der Waals surface area contributed by atoms with Crippen molar-refractivity contribution in [1.29, 1.82) is 0 Å². The van der Waals surface area contributed by atoms with Crippen molar-refractivity contribution in [2.24, 2.45) is 0 Å². The van der Waals surface area contributed by atoms with Crippen LogP contribution in [0.2, 0.25) is 0 Å². The molecule has 144 valence electrons. The Labute approximate surface area is 160 Å². The number of ether oxygens (including phenoxy) is 1. The van der Waals surface area contributed by atoms with Gasteiger partial charge in [-0.15, -0.1) is 12.4 Å². The van der Waals surface area contributed by atoms with Gasteiger partial charge in [0.15, 0.2) is 0 Å². The number of hydrogen-bond donors (Lipinski definition) is 2. The quantitative estimate of drug-likeness (QED) is 0.617. The number of rotatable bonds is 5. The van der Waals surface area contributed by atoms with Gasteiger partial charge < -0.3 is 9.72 Å². The lowest BCUT2D eigenvalue weighted by Gasteiger charge is -2.17. The van der Waals surface area contributed by atoms with Crippen LogP contribution in [0.5, 0.6) is 0 Å². The van der Waals surface area contributed by atoms with Crippen LogP contribution < -0.4 is 5.32 Å². The van der Waals surface area contributed by atoms with Gasteiger partial charge in [0.25, 0.3) is 0 Å². The van der Waals surface area contributed by atoms with Crippen LogP contribution in [0.4, 0.5) is 13.2 Å². The number of carbonyl (C=O) groups is 1. The van der Waals surface area contributed by atoms with Crippen LogP contribution in [0, 0.1) is 0 Å². The monoisotopic (exact) mass is 398 g/mol. The molecule has 0 saturated heterocycles. The molecule has 0 radical (unpaired) electrons. The van der Waals surface area contributed by atoms with Gasteiger partial charge in [0.2, 0.25) is 0 Å². The number of nitrogens with one attached hydrogen (secondary N) is 2. The number of hydrogen-bond acceptors (Lipinski definition) is 3. The van der Waals surface area contributed by atoms with E-state index in [9.17, 15) is 18.0 Å². The SMILES string of the molecule is COC(=O)C(NCc1cccc(C(F)(F)F)c1)c1c[nH]c2ccccc12.Cl. The molecular formula is C19H18ClF3N2O2. The first-order valence-electron chi connectivity index (χ1n) is 7.93. The number of H-pyrrole nitrogens is 1. The van der Waals surface area contributed by atoms with Crippen molar-refractivity contribution in [3.63, 3.8) is 0 Å². The van der Waals surface area contributed by atoms with Crippen LogP contribution in [-0.4, -0.2) is 18.1 Å². The van der Waals surface area contributed by atoms with Crippen LogP contribution in [0.3, 0.4) is 0 Å². The summed E-state index contributed by atoms with van der Waals surface area (Å²) in [7, 11) is 1.27. The van der Waals surface area contributed by atoms with E-state index in [0.717, 1.165) is 23.0 Å². The fraction of sp³-hybridized carbons (Fsp3) is 0.211. The second kappa shape index (κ2) is 8.45. The maximum absolute atomic E-state index is 12.8. The molecule has 3 rings (SSSR count). The fourth-order valence-corrected chi connectivity index (χ4v) is 2.85. The van der Waals surface area contributed by atoms with Gasteiger partial charge in [0.05, 0.1) is 12.7 Å². The number of aromatic nitrogens is 1. The van der Waals surface area contributed by atoms with E-state index >= 15 is 0 Å². The van der Waals surface area contributed by atoms with E-state index in [1.807, 2.05) is 24.3 Å².